The summed E-state index contributed by atoms with van der Waals surface area (Å²) in [5, 5.41) is 9.92. The quantitative estimate of drug-likeness (QED) is 0.330. The first-order chi connectivity index (χ1) is 14.5. The molecule has 0 aliphatic rings. The maximum Gasteiger partial charge on any atom is 0.255 e. The molecule has 4 nitrogen and oxygen atoms in total. The van der Waals surface area contributed by atoms with E-state index in [1.54, 1.807) is 12.1 Å². The normalized spacial score (nSPS) is 10.6. The Morgan fingerprint density at radius 1 is 1.00 bits per heavy atom. The molecule has 0 aliphatic carbocycles. The van der Waals surface area contributed by atoms with Crippen LogP contribution < -0.4 is 10.6 Å². The number of nitrogens with zero attached hydrogens (tertiary/aromatic N) is 1. The molecular weight excluding hydrogens is 437 g/mol. The van der Waals surface area contributed by atoms with E-state index in [0.717, 1.165) is 22.5 Å². The smallest absolute Gasteiger partial charge is 0.255 e. The van der Waals surface area contributed by atoms with Gasteiger partial charge in [0.1, 0.15) is 0 Å². The topological polar surface area (TPSA) is 54.0 Å². The molecule has 150 valence electrons. The molecule has 0 radical (unpaired) electrons. The number of thiazole rings is 1. The van der Waals surface area contributed by atoms with Crippen molar-refractivity contribution >= 4 is 57.0 Å². The number of benzene rings is 3. The van der Waals surface area contributed by atoms with Gasteiger partial charge in [-0.15, -0.1) is 11.3 Å². The molecule has 0 unspecified atom stereocenters. The second-order valence-corrected chi connectivity index (χ2v) is 8.39. The van der Waals surface area contributed by atoms with Crippen LogP contribution in [0, 0.1) is 6.92 Å². The number of hydrogen-bond acceptors (Lipinski definition) is 4. The van der Waals surface area contributed by atoms with E-state index in [4.69, 9.17) is 23.2 Å². The molecule has 7 heteroatoms. The van der Waals surface area contributed by atoms with Gasteiger partial charge in [-0.2, -0.15) is 0 Å². The average Bonchev–Trinajstić information content (AvgIpc) is 3.19. The van der Waals surface area contributed by atoms with Gasteiger partial charge in [0.05, 0.1) is 16.4 Å². The molecule has 0 atom stereocenters. The fourth-order valence-corrected chi connectivity index (χ4v) is 4.02. The summed E-state index contributed by atoms with van der Waals surface area (Å²) >= 11 is 13.6. The second kappa shape index (κ2) is 8.88. The van der Waals surface area contributed by atoms with Gasteiger partial charge in [0, 0.05) is 27.2 Å². The SMILES string of the molecule is Cc1ccc(C(=O)Nc2cccc(-c3csc(Nc4ccc(Cl)cc4Cl)n3)c2)cc1. The standard InChI is InChI=1S/C23H17Cl2N3OS/c1-14-5-7-15(8-6-14)22(29)26-18-4-2-3-16(11-18)21-13-30-23(28-21)27-20-10-9-17(24)12-19(20)25/h2-13H,1H3,(H,26,29)(H,27,28). The summed E-state index contributed by atoms with van der Waals surface area (Å²) in [4.78, 5) is 17.1. The highest BCUT2D eigenvalue weighted by atomic mass is 35.5. The van der Waals surface area contributed by atoms with Crippen molar-refractivity contribution in [3.8, 4) is 11.3 Å². The van der Waals surface area contributed by atoms with Crippen LogP contribution in [0.4, 0.5) is 16.5 Å². The van der Waals surface area contributed by atoms with Crippen molar-refractivity contribution in [1.82, 2.24) is 4.98 Å². The molecule has 30 heavy (non-hydrogen) atoms. The van der Waals surface area contributed by atoms with Gasteiger partial charge in [-0.1, -0.05) is 53.0 Å². The van der Waals surface area contributed by atoms with Crippen LogP contribution in [0.1, 0.15) is 15.9 Å². The van der Waals surface area contributed by atoms with E-state index in [2.05, 4.69) is 15.6 Å². The highest BCUT2D eigenvalue weighted by molar-refractivity contribution is 7.14. The van der Waals surface area contributed by atoms with E-state index in [-0.39, 0.29) is 5.91 Å². The Morgan fingerprint density at radius 2 is 1.80 bits per heavy atom. The molecule has 1 amide bonds. The van der Waals surface area contributed by atoms with Crippen LogP contribution >= 0.6 is 34.5 Å². The predicted octanol–water partition coefficient (Wildman–Crippen LogP) is 7.42. The molecule has 0 saturated carbocycles. The number of halogens is 2. The lowest BCUT2D eigenvalue weighted by atomic mass is 10.1. The highest BCUT2D eigenvalue weighted by Gasteiger charge is 2.10. The van der Waals surface area contributed by atoms with Crippen molar-refractivity contribution < 1.29 is 4.79 Å². The largest absolute Gasteiger partial charge is 0.330 e. The summed E-state index contributed by atoms with van der Waals surface area (Å²) in [6.45, 7) is 1.99. The zero-order chi connectivity index (χ0) is 21.1. The van der Waals surface area contributed by atoms with Gasteiger partial charge < -0.3 is 10.6 Å². The Kier molecular flexibility index (Phi) is 6.04. The molecule has 4 aromatic rings. The molecule has 4 rings (SSSR count). The number of carbonyl (C=O) groups excluding carboxylic acids is 1. The van der Waals surface area contributed by atoms with Gasteiger partial charge in [0.25, 0.3) is 5.91 Å². The van der Waals surface area contributed by atoms with Crippen molar-refractivity contribution in [2.24, 2.45) is 0 Å². The average molecular weight is 454 g/mol. The Morgan fingerprint density at radius 3 is 2.57 bits per heavy atom. The van der Waals surface area contributed by atoms with Crippen LogP contribution in [0.2, 0.25) is 10.0 Å². The maximum atomic E-state index is 12.5. The number of rotatable bonds is 5. The number of aromatic nitrogens is 1. The first kappa shape index (κ1) is 20.4. The Bertz CT molecular complexity index is 1210. The van der Waals surface area contributed by atoms with E-state index < -0.39 is 0 Å². The van der Waals surface area contributed by atoms with E-state index in [1.165, 1.54) is 11.3 Å². The van der Waals surface area contributed by atoms with Crippen molar-refractivity contribution in [2.75, 3.05) is 10.6 Å². The van der Waals surface area contributed by atoms with Gasteiger partial charge in [0.15, 0.2) is 5.13 Å². The minimum atomic E-state index is -0.148. The molecule has 2 N–H and O–H groups in total. The number of amides is 1. The lowest BCUT2D eigenvalue weighted by Crippen LogP contribution is -2.11. The minimum Gasteiger partial charge on any atom is -0.330 e. The number of hydrogen-bond donors (Lipinski definition) is 2. The summed E-state index contributed by atoms with van der Waals surface area (Å²) < 4.78 is 0. The van der Waals surface area contributed by atoms with Crippen molar-refractivity contribution in [3.63, 3.8) is 0 Å². The molecule has 0 spiro atoms. The van der Waals surface area contributed by atoms with E-state index >= 15 is 0 Å². The third kappa shape index (κ3) is 4.82. The Hall–Kier alpha value is -2.86. The predicted molar refractivity (Wildman–Crippen MR) is 126 cm³/mol. The molecule has 0 fully saturated rings. The summed E-state index contributed by atoms with van der Waals surface area (Å²) in [6.07, 6.45) is 0. The van der Waals surface area contributed by atoms with Crippen molar-refractivity contribution in [3.05, 3.63) is 93.3 Å². The van der Waals surface area contributed by atoms with Crippen LogP contribution in [-0.4, -0.2) is 10.9 Å². The number of nitrogens with one attached hydrogen (secondary N) is 2. The zero-order valence-electron chi connectivity index (χ0n) is 15.9. The summed E-state index contributed by atoms with van der Waals surface area (Å²) in [7, 11) is 0. The maximum absolute atomic E-state index is 12.5. The molecule has 1 heterocycles. The lowest BCUT2D eigenvalue weighted by Gasteiger charge is -2.07. The molecule has 3 aromatic carbocycles. The molecule has 0 aliphatic heterocycles. The van der Waals surface area contributed by atoms with Gasteiger partial charge in [0.2, 0.25) is 0 Å². The molecule has 0 saturated heterocycles. The van der Waals surface area contributed by atoms with Gasteiger partial charge in [-0.05, 0) is 49.4 Å². The van der Waals surface area contributed by atoms with E-state index in [9.17, 15) is 4.79 Å². The number of anilines is 3. The van der Waals surface area contributed by atoms with Crippen LogP contribution in [0.15, 0.2) is 72.1 Å². The second-order valence-electron chi connectivity index (χ2n) is 6.69. The first-order valence-electron chi connectivity index (χ1n) is 9.14. The third-order valence-corrected chi connectivity index (χ3v) is 5.71. The highest BCUT2D eigenvalue weighted by Crippen LogP contribution is 2.32. The van der Waals surface area contributed by atoms with Crippen LogP contribution in [0.25, 0.3) is 11.3 Å². The summed E-state index contributed by atoms with van der Waals surface area (Å²) in [5.41, 5.74) is 4.89. The molecule has 0 bridgehead atoms. The Balaban J connectivity index is 1.50. The number of carbonyl (C=O) groups is 1. The van der Waals surface area contributed by atoms with Crippen molar-refractivity contribution in [2.45, 2.75) is 6.92 Å². The van der Waals surface area contributed by atoms with Crippen LogP contribution in [-0.2, 0) is 0 Å². The van der Waals surface area contributed by atoms with Gasteiger partial charge in [-0.25, -0.2) is 4.98 Å². The van der Waals surface area contributed by atoms with E-state index in [0.29, 0.717) is 26.4 Å². The third-order valence-electron chi connectivity index (χ3n) is 4.41. The molecule has 1 aromatic heterocycles. The minimum absolute atomic E-state index is 0.148. The van der Waals surface area contributed by atoms with E-state index in [1.807, 2.05) is 66.9 Å². The van der Waals surface area contributed by atoms with Crippen LogP contribution in [0.3, 0.4) is 0 Å². The summed E-state index contributed by atoms with van der Waals surface area (Å²) in [5.74, 6) is -0.148. The first-order valence-corrected chi connectivity index (χ1v) is 10.8. The zero-order valence-corrected chi connectivity index (χ0v) is 18.3. The van der Waals surface area contributed by atoms with Crippen LogP contribution in [0.5, 0.6) is 0 Å². The lowest BCUT2D eigenvalue weighted by molar-refractivity contribution is 0.102. The van der Waals surface area contributed by atoms with Crippen molar-refractivity contribution in [1.29, 1.82) is 0 Å². The van der Waals surface area contributed by atoms with Gasteiger partial charge in [-0.3, -0.25) is 4.79 Å². The van der Waals surface area contributed by atoms with Gasteiger partial charge >= 0.3 is 0 Å². The Labute approximate surface area is 188 Å². The summed E-state index contributed by atoms with van der Waals surface area (Å²) in [6, 6.07) is 20.3. The monoisotopic (exact) mass is 453 g/mol. The number of aryl methyl sites for hydroxylation is 1. The fourth-order valence-electron chi connectivity index (χ4n) is 2.83. The molecular formula is C23H17Cl2N3OS. The fraction of sp³-hybridized carbons (Fsp3) is 0.0435.